The summed E-state index contributed by atoms with van der Waals surface area (Å²) < 4.78 is 41.4. The Kier molecular flexibility index (Phi) is 4.35. The molecule has 0 bridgehead atoms. The number of nitrogens with one attached hydrogen (secondary N) is 1. The second-order valence-corrected chi connectivity index (χ2v) is 7.13. The van der Waals surface area contributed by atoms with Gasteiger partial charge in [0.05, 0.1) is 11.4 Å². The Balaban J connectivity index is 1.73. The summed E-state index contributed by atoms with van der Waals surface area (Å²) in [6, 6.07) is 14.2. The summed E-state index contributed by atoms with van der Waals surface area (Å²) in [6.07, 6.45) is 1.70. The molecule has 3 rings (SSSR count). The van der Waals surface area contributed by atoms with Crippen LogP contribution in [0.2, 0.25) is 0 Å². The van der Waals surface area contributed by atoms with E-state index in [-0.39, 0.29) is 10.7 Å². The molecule has 7 heteroatoms. The Morgan fingerprint density at radius 3 is 2.38 bits per heavy atom. The number of anilines is 1. The highest BCUT2D eigenvalue weighted by Gasteiger charge is 2.15. The molecule has 0 atom stereocenters. The topological polar surface area (TPSA) is 64.0 Å². The summed E-state index contributed by atoms with van der Waals surface area (Å²) in [7, 11) is -3.79. The first-order valence-electron chi connectivity index (χ1n) is 7.30. The lowest BCUT2D eigenvalue weighted by molar-refractivity contribution is 0.599. The van der Waals surface area contributed by atoms with E-state index in [1.807, 2.05) is 31.2 Å². The number of hydrogen-bond acceptors (Lipinski definition) is 3. The van der Waals surface area contributed by atoms with Gasteiger partial charge in [0.25, 0.3) is 10.0 Å². The van der Waals surface area contributed by atoms with Crippen molar-refractivity contribution in [2.24, 2.45) is 0 Å². The van der Waals surface area contributed by atoms with Crippen LogP contribution in [0.25, 0.3) is 0 Å². The van der Waals surface area contributed by atoms with Gasteiger partial charge in [0, 0.05) is 12.3 Å². The minimum absolute atomic E-state index is 0.0167. The molecule has 0 saturated heterocycles. The van der Waals surface area contributed by atoms with Crippen molar-refractivity contribution in [1.29, 1.82) is 0 Å². The Morgan fingerprint density at radius 2 is 1.71 bits per heavy atom. The molecule has 1 aromatic heterocycles. The van der Waals surface area contributed by atoms with Crippen molar-refractivity contribution in [3.05, 3.63) is 77.7 Å². The molecule has 0 unspecified atom stereocenters. The second kappa shape index (κ2) is 6.45. The van der Waals surface area contributed by atoms with E-state index in [1.54, 1.807) is 16.9 Å². The first kappa shape index (κ1) is 16.2. The van der Waals surface area contributed by atoms with Gasteiger partial charge in [0.15, 0.2) is 5.82 Å². The molecule has 0 aliphatic heterocycles. The number of rotatable bonds is 5. The van der Waals surface area contributed by atoms with Crippen molar-refractivity contribution in [3.8, 4) is 0 Å². The quantitative estimate of drug-likeness (QED) is 0.772. The predicted octanol–water partition coefficient (Wildman–Crippen LogP) is 3.18. The van der Waals surface area contributed by atoms with E-state index in [4.69, 9.17) is 0 Å². The largest absolute Gasteiger partial charge is 0.266 e. The molecule has 0 aliphatic rings. The van der Waals surface area contributed by atoms with E-state index in [0.717, 1.165) is 17.7 Å². The number of benzene rings is 2. The van der Waals surface area contributed by atoms with Gasteiger partial charge in [-0.2, -0.15) is 5.10 Å². The van der Waals surface area contributed by atoms with Gasteiger partial charge in [0.2, 0.25) is 0 Å². The zero-order chi connectivity index (χ0) is 17.2. The number of nitrogens with zero attached hydrogens (tertiary/aromatic N) is 2. The molecular formula is C17H16FN3O2S. The maximum absolute atomic E-state index is 12.9. The van der Waals surface area contributed by atoms with Crippen LogP contribution in [0.15, 0.2) is 65.7 Å². The number of halogens is 1. The Bertz CT molecular complexity index is 933. The first-order valence-corrected chi connectivity index (χ1v) is 8.78. The van der Waals surface area contributed by atoms with Gasteiger partial charge in [-0.25, -0.2) is 12.8 Å². The minimum Gasteiger partial charge on any atom is -0.266 e. The number of hydrogen-bond donors (Lipinski definition) is 1. The third kappa shape index (κ3) is 3.80. The molecule has 2 aromatic carbocycles. The maximum atomic E-state index is 12.9. The molecule has 1 heterocycles. The molecule has 0 aliphatic carbocycles. The van der Waals surface area contributed by atoms with Crippen LogP contribution in [0.4, 0.5) is 10.2 Å². The Morgan fingerprint density at radius 1 is 1.04 bits per heavy atom. The average molecular weight is 345 g/mol. The fourth-order valence-corrected chi connectivity index (χ4v) is 3.19. The standard InChI is InChI=1S/C17H16FN3O2S/c1-13-2-4-14(5-3-13)12-21-11-10-17(19-21)20-24(22,23)16-8-6-15(18)7-9-16/h2-11H,12H2,1H3,(H,19,20). The van der Waals surface area contributed by atoms with Crippen LogP contribution in [0.5, 0.6) is 0 Å². The van der Waals surface area contributed by atoms with Gasteiger partial charge < -0.3 is 0 Å². The van der Waals surface area contributed by atoms with E-state index in [9.17, 15) is 12.8 Å². The molecule has 0 spiro atoms. The third-order valence-electron chi connectivity index (χ3n) is 3.47. The molecule has 0 saturated carbocycles. The lowest BCUT2D eigenvalue weighted by Crippen LogP contribution is -2.13. The fourth-order valence-electron chi connectivity index (χ4n) is 2.20. The van der Waals surface area contributed by atoms with Gasteiger partial charge >= 0.3 is 0 Å². The normalized spacial score (nSPS) is 11.4. The van der Waals surface area contributed by atoms with Crippen molar-refractivity contribution in [2.75, 3.05) is 4.72 Å². The summed E-state index contributed by atoms with van der Waals surface area (Å²) in [5, 5.41) is 4.21. The fraction of sp³-hybridized carbons (Fsp3) is 0.118. The third-order valence-corrected chi connectivity index (χ3v) is 4.84. The Hall–Kier alpha value is -2.67. The van der Waals surface area contributed by atoms with E-state index < -0.39 is 15.8 Å². The lowest BCUT2D eigenvalue weighted by Gasteiger charge is -2.06. The van der Waals surface area contributed by atoms with E-state index in [2.05, 4.69) is 9.82 Å². The SMILES string of the molecule is Cc1ccc(Cn2ccc(NS(=O)(=O)c3ccc(F)cc3)n2)cc1. The van der Waals surface area contributed by atoms with Crippen molar-refractivity contribution in [1.82, 2.24) is 9.78 Å². The number of sulfonamides is 1. The van der Waals surface area contributed by atoms with Crippen LogP contribution in [0, 0.1) is 12.7 Å². The van der Waals surface area contributed by atoms with E-state index >= 15 is 0 Å². The number of aryl methyl sites for hydroxylation is 1. The van der Waals surface area contributed by atoms with Gasteiger partial charge in [-0.05, 0) is 36.8 Å². The molecule has 0 amide bonds. The monoisotopic (exact) mass is 345 g/mol. The van der Waals surface area contributed by atoms with Crippen molar-refractivity contribution in [2.45, 2.75) is 18.4 Å². The highest BCUT2D eigenvalue weighted by atomic mass is 32.2. The van der Waals surface area contributed by atoms with Crippen LogP contribution in [-0.2, 0) is 16.6 Å². The predicted molar refractivity (Wildman–Crippen MR) is 89.7 cm³/mol. The molecule has 0 fully saturated rings. The Labute approximate surface area is 139 Å². The smallest absolute Gasteiger partial charge is 0.263 e. The summed E-state index contributed by atoms with van der Waals surface area (Å²) >= 11 is 0. The maximum Gasteiger partial charge on any atom is 0.263 e. The summed E-state index contributed by atoms with van der Waals surface area (Å²) in [4.78, 5) is -0.0167. The van der Waals surface area contributed by atoms with Gasteiger partial charge in [-0.3, -0.25) is 9.40 Å². The highest BCUT2D eigenvalue weighted by Crippen LogP contribution is 2.15. The lowest BCUT2D eigenvalue weighted by atomic mass is 10.1. The van der Waals surface area contributed by atoms with Gasteiger partial charge in [-0.1, -0.05) is 29.8 Å². The van der Waals surface area contributed by atoms with Crippen LogP contribution >= 0.6 is 0 Å². The van der Waals surface area contributed by atoms with Crippen LogP contribution in [0.1, 0.15) is 11.1 Å². The highest BCUT2D eigenvalue weighted by molar-refractivity contribution is 7.92. The summed E-state index contributed by atoms with van der Waals surface area (Å²) in [6.45, 7) is 2.55. The van der Waals surface area contributed by atoms with Crippen LogP contribution < -0.4 is 4.72 Å². The first-order chi connectivity index (χ1) is 11.4. The number of aromatic nitrogens is 2. The van der Waals surface area contributed by atoms with E-state index in [0.29, 0.717) is 6.54 Å². The molecule has 3 aromatic rings. The van der Waals surface area contributed by atoms with E-state index in [1.165, 1.54) is 17.7 Å². The zero-order valence-corrected chi connectivity index (χ0v) is 13.8. The van der Waals surface area contributed by atoms with Gasteiger partial charge in [0.1, 0.15) is 5.82 Å². The molecular weight excluding hydrogens is 329 g/mol. The van der Waals surface area contributed by atoms with Crippen molar-refractivity contribution in [3.63, 3.8) is 0 Å². The molecule has 124 valence electrons. The molecule has 0 radical (unpaired) electrons. The zero-order valence-electron chi connectivity index (χ0n) is 13.0. The summed E-state index contributed by atoms with van der Waals surface area (Å²) in [5.74, 6) is -0.275. The van der Waals surface area contributed by atoms with Crippen molar-refractivity contribution >= 4 is 15.8 Å². The molecule has 1 N–H and O–H groups in total. The molecule has 24 heavy (non-hydrogen) atoms. The minimum atomic E-state index is -3.79. The van der Waals surface area contributed by atoms with Crippen molar-refractivity contribution < 1.29 is 12.8 Å². The second-order valence-electron chi connectivity index (χ2n) is 5.44. The van der Waals surface area contributed by atoms with Crippen LogP contribution in [0.3, 0.4) is 0 Å². The summed E-state index contributed by atoms with van der Waals surface area (Å²) in [5.41, 5.74) is 2.24. The van der Waals surface area contributed by atoms with Gasteiger partial charge in [-0.15, -0.1) is 0 Å². The average Bonchev–Trinajstić information content (AvgIpc) is 2.96. The molecule has 5 nitrogen and oxygen atoms in total. The van der Waals surface area contributed by atoms with Crippen LogP contribution in [-0.4, -0.2) is 18.2 Å².